The molecule has 1 N–H and O–H groups in total. The highest BCUT2D eigenvalue weighted by atomic mass is 16.6. The van der Waals surface area contributed by atoms with Gasteiger partial charge in [-0.2, -0.15) is 0 Å². The normalized spacial score (nSPS) is 28.9. The van der Waals surface area contributed by atoms with Crippen LogP contribution in [0.15, 0.2) is 40.1 Å². The summed E-state index contributed by atoms with van der Waals surface area (Å²) in [4.78, 5) is 26.2. The Hall–Kier alpha value is -2.34. The average molecular weight is 399 g/mol. The molecule has 1 aliphatic carbocycles. The summed E-state index contributed by atoms with van der Waals surface area (Å²) in [5.41, 5.74) is 1.88. The van der Waals surface area contributed by atoms with Gasteiger partial charge >= 0.3 is 5.97 Å². The zero-order chi connectivity index (χ0) is 20.8. The van der Waals surface area contributed by atoms with Gasteiger partial charge < -0.3 is 19.2 Å². The summed E-state index contributed by atoms with van der Waals surface area (Å²) in [7, 11) is 0. The zero-order valence-corrected chi connectivity index (χ0v) is 17.4. The molecule has 1 saturated heterocycles. The summed E-state index contributed by atoms with van der Waals surface area (Å²) in [6.45, 7) is 11.0. The van der Waals surface area contributed by atoms with Crippen molar-refractivity contribution >= 4 is 11.8 Å². The molecule has 3 heterocycles. The number of Topliss-reactive ketones (excluding diaryl/α,β-unsaturated/α-hetero) is 1. The van der Waals surface area contributed by atoms with Crippen molar-refractivity contribution in [1.82, 2.24) is 5.32 Å². The lowest BCUT2D eigenvalue weighted by molar-refractivity contribution is -0.151. The summed E-state index contributed by atoms with van der Waals surface area (Å²) < 4.78 is 17.1. The molecule has 0 spiro atoms. The molecular formula is C23H29NO5. The van der Waals surface area contributed by atoms with Gasteiger partial charge in [0.2, 0.25) is 0 Å². The van der Waals surface area contributed by atoms with Crippen LogP contribution < -0.4 is 5.32 Å². The molecule has 0 bridgehead atoms. The topological polar surface area (TPSA) is 77.8 Å². The van der Waals surface area contributed by atoms with Crippen LogP contribution in [-0.2, 0) is 19.1 Å². The first-order valence-electron chi connectivity index (χ1n) is 10.3. The van der Waals surface area contributed by atoms with Crippen LogP contribution in [0.1, 0.15) is 57.0 Å². The number of ether oxygens (including phenoxy) is 2. The number of ketones is 1. The quantitative estimate of drug-likeness (QED) is 0.777. The molecule has 0 saturated carbocycles. The molecule has 1 fully saturated rings. The summed E-state index contributed by atoms with van der Waals surface area (Å²) in [6, 6.07) is 3.70. The number of aryl methyl sites for hydroxylation is 1. The summed E-state index contributed by atoms with van der Waals surface area (Å²) in [5, 5.41) is 3.26. The van der Waals surface area contributed by atoms with Crippen molar-refractivity contribution in [2.24, 2.45) is 11.3 Å². The van der Waals surface area contributed by atoms with Gasteiger partial charge in [0, 0.05) is 30.0 Å². The number of hydrogen-bond acceptors (Lipinski definition) is 6. The van der Waals surface area contributed by atoms with Gasteiger partial charge in [-0.15, -0.1) is 0 Å². The Labute approximate surface area is 171 Å². The van der Waals surface area contributed by atoms with Crippen LogP contribution in [-0.4, -0.2) is 31.1 Å². The molecule has 6 nitrogen and oxygen atoms in total. The van der Waals surface area contributed by atoms with Gasteiger partial charge in [-0.3, -0.25) is 9.59 Å². The van der Waals surface area contributed by atoms with Crippen molar-refractivity contribution in [3.8, 4) is 0 Å². The molecule has 0 radical (unpaired) electrons. The number of esters is 1. The number of carbonyl (C=O) groups excluding carboxylic acids is 2. The second-order valence-electron chi connectivity index (χ2n) is 9.15. The standard InChI is InChI=1S/C23H29NO5/c1-13-7-8-18(29-13)21-19(22(26)28-12-15-6-5-9-27-15)14(2)24-16-10-23(3,4)11-17(25)20(16)21/h7-8,15,19,21,24H,2,5-6,9-12H2,1,3-4H3. The largest absolute Gasteiger partial charge is 0.466 e. The molecule has 29 heavy (non-hydrogen) atoms. The lowest BCUT2D eigenvalue weighted by Gasteiger charge is -2.41. The first-order valence-corrected chi connectivity index (χ1v) is 10.3. The van der Waals surface area contributed by atoms with Gasteiger partial charge in [-0.25, -0.2) is 0 Å². The minimum absolute atomic E-state index is 0.0484. The Morgan fingerprint density at radius 2 is 2.14 bits per heavy atom. The Bertz CT molecular complexity index is 872. The van der Waals surface area contributed by atoms with Gasteiger partial charge in [0.05, 0.1) is 12.0 Å². The third-order valence-corrected chi connectivity index (χ3v) is 6.01. The fourth-order valence-corrected chi connectivity index (χ4v) is 4.69. The number of rotatable bonds is 4. The third kappa shape index (κ3) is 3.90. The fraction of sp³-hybridized carbons (Fsp3) is 0.565. The Balaban J connectivity index is 1.68. The van der Waals surface area contributed by atoms with Crippen molar-refractivity contribution in [2.75, 3.05) is 13.2 Å². The molecule has 1 aromatic rings. The molecular weight excluding hydrogens is 370 g/mol. The number of hydrogen-bond donors (Lipinski definition) is 1. The molecule has 3 aliphatic rings. The predicted octanol–water partition coefficient (Wildman–Crippen LogP) is 3.77. The molecule has 3 atom stereocenters. The molecule has 0 amide bonds. The maximum atomic E-state index is 13.1. The summed E-state index contributed by atoms with van der Waals surface area (Å²) >= 11 is 0. The van der Waals surface area contributed by atoms with E-state index in [1.165, 1.54) is 0 Å². The molecule has 1 aromatic heterocycles. The van der Waals surface area contributed by atoms with E-state index < -0.39 is 17.8 Å². The summed E-state index contributed by atoms with van der Waals surface area (Å²) in [6.07, 6.45) is 2.98. The number of carbonyl (C=O) groups is 2. The molecule has 2 aliphatic heterocycles. The van der Waals surface area contributed by atoms with E-state index in [-0.39, 0.29) is 23.9 Å². The minimum Gasteiger partial charge on any atom is -0.466 e. The van der Waals surface area contributed by atoms with Gasteiger partial charge in [-0.05, 0) is 43.7 Å². The van der Waals surface area contributed by atoms with E-state index in [2.05, 4.69) is 25.7 Å². The lowest BCUT2D eigenvalue weighted by atomic mass is 9.67. The van der Waals surface area contributed by atoms with E-state index in [1.54, 1.807) is 0 Å². The van der Waals surface area contributed by atoms with E-state index in [0.717, 1.165) is 30.7 Å². The van der Waals surface area contributed by atoms with Crippen LogP contribution in [0.4, 0.5) is 0 Å². The van der Waals surface area contributed by atoms with Gasteiger partial charge in [0.25, 0.3) is 0 Å². The minimum atomic E-state index is -0.717. The SMILES string of the molecule is C=C1NC2=C(C(=O)CC(C)(C)C2)C(c2ccc(C)o2)C1C(=O)OCC1CCCO1. The average Bonchev–Trinajstić information content (AvgIpc) is 3.28. The predicted molar refractivity (Wildman–Crippen MR) is 107 cm³/mol. The van der Waals surface area contributed by atoms with Crippen molar-refractivity contribution in [2.45, 2.75) is 58.5 Å². The second-order valence-corrected chi connectivity index (χ2v) is 9.15. The smallest absolute Gasteiger partial charge is 0.316 e. The third-order valence-electron chi connectivity index (χ3n) is 6.01. The van der Waals surface area contributed by atoms with E-state index in [4.69, 9.17) is 13.9 Å². The van der Waals surface area contributed by atoms with Crippen molar-refractivity contribution in [1.29, 1.82) is 0 Å². The van der Waals surface area contributed by atoms with Crippen LogP contribution in [0, 0.1) is 18.3 Å². The van der Waals surface area contributed by atoms with Crippen LogP contribution in [0.25, 0.3) is 0 Å². The van der Waals surface area contributed by atoms with Gasteiger partial charge in [0.1, 0.15) is 24.0 Å². The van der Waals surface area contributed by atoms with E-state index in [9.17, 15) is 9.59 Å². The first kappa shape index (κ1) is 20.0. The van der Waals surface area contributed by atoms with Gasteiger partial charge in [0.15, 0.2) is 5.78 Å². The Morgan fingerprint density at radius 3 is 2.79 bits per heavy atom. The van der Waals surface area contributed by atoms with Crippen LogP contribution >= 0.6 is 0 Å². The van der Waals surface area contributed by atoms with E-state index in [0.29, 0.717) is 30.1 Å². The van der Waals surface area contributed by atoms with Crippen molar-refractivity contribution < 1.29 is 23.5 Å². The highest BCUT2D eigenvalue weighted by molar-refractivity contribution is 6.00. The van der Waals surface area contributed by atoms with Crippen LogP contribution in [0.2, 0.25) is 0 Å². The van der Waals surface area contributed by atoms with E-state index >= 15 is 0 Å². The molecule has 4 rings (SSSR count). The van der Waals surface area contributed by atoms with Crippen LogP contribution in [0.5, 0.6) is 0 Å². The van der Waals surface area contributed by atoms with Gasteiger partial charge in [-0.1, -0.05) is 20.4 Å². The first-order chi connectivity index (χ1) is 13.7. The highest BCUT2D eigenvalue weighted by Crippen LogP contribution is 2.48. The number of furan rings is 1. The fourth-order valence-electron chi connectivity index (χ4n) is 4.69. The lowest BCUT2D eigenvalue weighted by Crippen LogP contribution is -2.44. The van der Waals surface area contributed by atoms with E-state index in [1.807, 2.05) is 19.1 Å². The maximum absolute atomic E-state index is 13.1. The van der Waals surface area contributed by atoms with Crippen molar-refractivity contribution in [3.05, 3.63) is 47.2 Å². The monoisotopic (exact) mass is 399 g/mol. The Kier molecular flexibility index (Phi) is 5.15. The number of nitrogens with one attached hydrogen (secondary N) is 1. The zero-order valence-electron chi connectivity index (χ0n) is 17.4. The molecule has 0 aromatic carbocycles. The summed E-state index contributed by atoms with van der Waals surface area (Å²) in [5.74, 6) is -0.251. The maximum Gasteiger partial charge on any atom is 0.316 e. The van der Waals surface area contributed by atoms with Crippen molar-refractivity contribution in [3.63, 3.8) is 0 Å². The Morgan fingerprint density at radius 1 is 1.34 bits per heavy atom. The number of allylic oxidation sites excluding steroid dienone is 2. The molecule has 3 unspecified atom stereocenters. The second kappa shape index (κ2) is 7.48. The van der Waals surface area contributed by atoms with Crippen LogP contribution in [0.3, 0.4) is 0 Å². The highest BCUT2D eigenvalue weighted by Gasteiger charge is 2.48. The molecule has 6 heteroatoms. The molecule has 156 valence electrons.